The zero-order chi connectivity index (χ0) is 14.0. The summed E-state index contributed by atoms with van der Waals surface area (Å²) in [5.74, 6) is -0.487. The van der Waals surface area contributed by atoms with Crippen LogP contribution < -0.4 is 5.32 Å². The Bertz CT molecular complexity index is 611. The fourth-order valence-corrected chi connectivity index (χ4v) is 2.15. The number of nitrogens with zero attached hydrogens (tertiary/aromatic N) is 2. The molecule has 0 saturated heterocycles. The quantitative estimate of drug-likeness (QED) is 0.647. The van der Waals surface area contributed by atoms with Crippen molar-refractivity contribution in [2.75, 3.05) is 0 Å². The maximum Gasteiger partial charge on any atom is 0.269 e. The SMILES string of the molecule is CC1=C(C#N)C(c2ccc([N+](=O)[O-])cc2)CC(=O)N1. The first-order valence-electron chi connectivity index (χ1n) is 5.68. The molecule has 1 aromatic rings. The Morgan fingerprint density at radius 1 is 1.42 bits per heavy atom. The van der Waals surface area contributed by atoms with Crippen LogP contribution in [0.3, 0.4) is 0 Å². The largest absolute Gasteiger partial charge is 0.329 e. The van der Waals surface area contributed by atoms with Gasteiger partial charge in [-0.2, -0.15) is 5.26 Å². The number of non-ortho nitro benzene ring substituents is 1. The third kappa shape index (κ3) is 2.45. The lowest BCUT2D eigenvalue weighted by Crippen LogP contribution is -2.30. The van der Waals surface area contributed by atoms with E-state index in [-0.39, 0.29) is 23.9 Å². The Balaban J connectivity index is 2.40. The lowest BCUT2D eigenvalue weighted by Gasteiger charge is -2.23. The molecule has 0 spiro atoms. The van der Waals surface area contributed by atoms with E-state index in [9.17, 15) is 14.9 Å². The Morgan fingerprint density at radius 3 is 2.58 bits per heavy atom. The number of nitro groups is 1. The number of nitro benzene ring substituents is 1. The Labute approximate surface area is 109 Å². The highest BCUT2D eigenvalue weighted by Crippen LogP contribution is 2.32. The van der Waals surface area contributed by atoms with E-state index in [1.54, 1.807) is 19.1 Å². The Hall–Kier alpha value is -2.68. The average molecular weight is 257 g/mol. The molecule has 6 nitrogen and oxygen atoms in total. The van der Waals surface area contributed by atoms with Gasteiger partial charge in [0.1, 0.15) is 0 Å². The fourth-order valence-electron chi connectivity index (χ4n) is 2.15. The van der Waals surface area contributed by atoms with Gasteiger partial charge in [-0.25, -0.2) is 0 Å². The molecule has 2 rings (SSSR count). The number of hydrogen-bond acceptors (Lipinski definition) is 4. The van der Waals surface area contributed by atoms with E-state index in [0.717, 1.165) is 5.56 Å². The number of nitrogens with one attached hydrogen (secondary N) is 1. The minimum atomic E-state index is -0.482. The fraction of sp³-hybridized carbons (Fsp3) is 0.231. The Kier molecular flexibility index (Phi) is 3.29. The number of nitriles is 1. The summed E-state index contributed by atoms with van der Waals surface area (Å²) in [6, 6.07) is 8.03. The van der Waals surface area contributed by atoms with E-state index in [1.165, 1.54) is 12.1 Å². The summed E-state index contributed by atoms with van der Waals surface area (Å²) in [6.07, 6.45) is 0.179. The van der Waals surface area contributed by atoms with Gasteiger partial charge in [-0.3, -0.25) is 14.9 Å². The van der Waals surface area contributed by atoms with Crippen LogP contribution in [0.25, 0.3) is 0 Å². The third-order valence-corrected chi connectivity index (χ3v) is 3.10. The molecule has 1 heterocycles. The summed E-state index contributed by atoms with van der Waals surface area (Å²) in [6.45, 7) is 1.67. The van der Waals surface area contributed by atoms with Crippen molar-refractivity contribution < 1.29 is 9.72 Å². The van der Waals surface area contributed by atoms with E-state index in [2.05, 4.69) is 11.4 Å². The van der Waals surface area contributed by atoms with Crippen LogP contribution in [0.5, 0.6) is 0 Å². The zero-order valence-electron chi connectivity index (χ0n) is 10.2. The third-order valence-electron chi connectivity index (χ3n) is 3.10. The number of rotatable bonds is 2. The van der Waals surface area contributed by atoms with Gasteiger partial charge in [-0.05, 0) is 12.5 Å². The zero-order valence-corrected chi connectivity index (χ0v) is 10.2. The summed E-state index contributed by atoms with van der Waals surface area (Å²) in [4.78, 5) is 21.6. The average Bonchev–Trinajstić information content (AvgIpc) is 2.38. The summed E-state index contributed by atoms with van der Waals surface area (Å²) >= 11 is 0. The van der Waals surface area contributed by atoms with Crippen LogP contribution in [-0.4, -0.2) is 10.8 Å². The van der Waals surface area contributed by atoms with Gasteiger partial charge in [0.15, 0.2) is 0 Å². The molecule has 19 heavy (non-hydrogen) atoms. The second-order valence-electron chi connectivity index (χ2n) is 4.30. The lowest BCUT2D eigenvalue weighted by molar-refractivity contribution is -0.384. The molecule has 0 bridgehead atoms. The molecule has 1 amide bonds. The second kappa shape index (κ2) is 4.90. The van der Waals surface area contributed by atoms with Gasteiger partial charge in [0.2, 0.25) is 5.91 Å². The number of benzene rings is 1. The standard InChI is InChI=1S/C13H11N3O3/c1-8-12(7-14)11(6-13(17)15-8)9-2-4-10(5-3-9)16(18)19/h2-5,11H,6H2,1H3,(H,15,17). The van der Waals surface area contributed by atoms with Crippen molar-refractivity contribution in [2.24, 2.45) is 0 Å². The molecule has 0 saturated carbocycles. The van der Waals surface area contributed by atoms with Crippen LogP contribution in [0.4, 0.5) is 5.69 Å². The van der Waals surface area contributed by atoms with Gasteiger partial charge in [-0.15, -0.1) is 0 Å². The Morgan fingerprint density at radius 2 is 2.05 bits per heavy atom. The summed E-state index contributed by atoms with van der Waals surface area (Å²) in [7, 11) is 0. The smallest absolute Gasteiger partial charge is 0.269 e. The van der Waals surface area contributed by atoms with Crippen molar-refractivity contribution in [3.05, 3.63) is 51.2 Å². The van der Waals surface area contributed by atoms with Gasteiger partial charge >= 0.3 is 0 Å². The molecule has 0 radical (unpaired) electrons. The molecule has 1 aliphatic rings. The first kappa shape index (κ1) is 12.8. The predicted octanol–water partition coefficient (Wildman–Crippen LogP) is 2.00. The number of carbonyl (C=O) groups excluding carboxylic acids is 1. The number of carbonyl (C=O) groups is 1. The van der Waals surface area contributed by atoms with E-state index < -0.39 is 4.92 Å². The van der Waals surface area contributed by atoms with Gasteiger partial charge in [-0.1, -0.05) is 12.1 Å². The highest BCUT2D eigenvalue weighted by atomic mass is 16.6. The van der Waals surface area contributed by atoms with Crippen LogP contribution in [0.1, 0.15) is 24.8 Å². The first-order chi connectivity index (χ1) is 9.02. The van der Waals surface area contributed by atoms with Crippen LogP contribution in [0, 0.1) is 21.4 Å². The van der Waals surface area contributed by atoms with Gasteiger partial charge in [0, 0.05) is 30.2 Å². The van der Waals surface area contributed by atoms with E-state index in [0.29, 0.717) is 11.3 Å². The van der Waals surface area contributed by atoms with Gasteiger partial charge < -0.3 is 5.32 Å². The highest BCUT2D eigenvalue weighted by Gasteiger charge is 2.27. The molecule has 96 valence electrons. The summed E-state index contributed by atoms with van der Waals surface area (Å²) < 4.78 is 0. The molecule has 1 atom stereocenters. The molecule has 1 N–H and O–H groups in total. The molecule has 0 fully saturated rings. The number of allylic oxidation sites excluding steroid dienone is 2. The maximum absolute atomic E-state index is 11.5. The van der Waals surface area contributed by atoms with Crippen molar-refractivity contribution in [1.29, 1.82) is 5.26 Å². The molecule has 1 unspecified atom stereocenters. The van der Waals surface area contributed by atoms with Gasteiger partial charge in [0.25, 0.3) is 5.69 Å². The monoisotopic (exact) mass is 257 g/mol. The van der Waals surface area contributed by atoms with Crippen molar-refractivity contribution in [1.82, 2.24) is 5.32 Å². The molecule has 1 aliphatic heterocycles. The molecule has 0 aromatic heterocycles. The molecule has 1 aromatic carbocycles. The molecule has 6 heteroatoms. The first-order valence-corrected chi connectivity index (χ1v) is 5.68. The van der Waals surface area contributed by atoms with E-state index in [4.69, 9.17) is 5.26 Å². The topological polar surface area (TPSA) is 96.0 Å². The van der Waals surface area contributed by atoms with Crippen molar-refractivity contribution in [3.63, 3.8) is 0 Å². The highest BCUT2D eigenvalue weighted by molar-refractivity contribution is 5.81. The van der Waals surface area contributed by atoms with Gasteiger partial charge in [0.05, 0.1) is 16.6 Å². The molecular weight excluding hydrogens is 246 g/mol. The van der Waals surface area contributed by atoms with Crippen LogP contribution >= 0.6 is 0 Å². The second-order valence-corrected chi connectivity index (χ2v) is 4.30. The van der Waals surface area contributed by atoms with Crippen molar-refractivity contribution >= 4 is 11.6 Å². The summed E-state index contributed by atoms with van der Waals surface area (Å²) in [5, 5.41) is 22.4. The van der Waals surface area contributed by atoms with Crippen molar-refractivity contribution in [3.8, 4) is 6.07 Å². The number of amides is 1. The summed E-state index contributed by atoms with van der Waals surface area (Å²) in [5.41, 5.74) is 1.76. The van der Waals surface area contributed by atoms with Crippen LogP contribution in [0.2, 0.25) is 0 Å². The minimum absolute atomic E-state index is 0.0109. The van der Waals surface area contributed by atoms with E-state index >= 15 is 0 Å². The van der Waals surface area contributed by atoms with Crippen LogP contribution in [0.15, 0.2) is 35.5 Å². The van der Waals surface area contributed by atoms with Crippen molar-refractivity contribution in [2.45, 2.75) is 19.3 Å². The maximum atomic E-state index is 11.5. The van der Waals surface area contributed by atoms with E-state index in [1.807, 2.05) is 0 Å². The normalized spacial score (nSPS) is 18.7. The minimum Gasteiger partial charge on any atom is -0.329 e. The molecule has 0 aliphatic carbocycles. The number of hydrogen-bond donors (Lipinski definition) is 1. The lowest BCUT2D eigenvalue weighted by atomic mass is 9.85. The predicted molar refractivity (Wildman–Crippen MR) is 66.9 cm³/mol. The van der Waals surface area contributed by atoms with Crippen LogP contribution in [-0.2, 0) is 4.79 Å². The molecular formula is C13H11N3O3.